The predicted octanol–water partition coefficient (Wildman–Crippen LogP) is 5.78. The van der Waals surface area contributed by atoms with Gasteiger partial charge in [-0.25, -0.2) is 0 Å². The van der Waals surface area contributed by atoms with E-state index in [0.29, 0.717) is 18.5 Å². The molecule has 192 valence electrons. The van der Waals surface area contributed by atoms with Crippen molar-refractivity contribution in [3.63, 3.8) is 0 Å². The first-order valence-electron chi connectivity index (χ1n) is 12.6. The Kier molecular flexibility index (Phi) is 7.67. The molecule has 1 amide bonds. The van der Waals surface area contributed by atoms with Crippen LogP contribution in [-0.4, -0.2) is 22.5 Å². The lowest BCUT2D eigenvalue weighted by atomic mass is 9.95. The van der Waals surface area contributed by atoms with Crippen LogP contribution in [0.1, 0.15) is 61.1 Å². The van der Waals surface area contributed by atoms with Crippen molar-refractivity contribution in [2.45, 2.75) is 58.6 Å². The number of nitrogens with two attached hydrogens (primary N) is 1. The van der Waals surface area contributed by atoms with Crippen LogP contribution < -0.4 is 11.1 Å². The summed E-state index contributed by atoms with van der Waals surface area (Å²) >= 11 is 0. The third-order valence-electron chi connectivity index (χ3n) is 6.21. The van der Waals surface area contributed by atoms with Crippen molar-refractivity contribution in [3.8, 4) is 0 Å². The van der Waals surface area contributed by atoms with Crippen LogP contribution in [0, 0.1) is 6.92 Å². The van der Waals surface area contributed by atoms with E-state index in [1.165, 1.54) is 0 Å². The Morgan fingerprint density at radius 3 is 2.49 bits per heavy atom. The van der Waals surface area contributed by atoms with Gasteiger partial charge in [-0.1, -0.05) is 48.5 Å². The molecule has 0 fully saturated rings. The van der Waals surface area contributed by atoms with Gasteiger partial charge >= 0.3 is 5.97 Å². The Bertz CT molecular complexity index is 1400. The number of ether oxygens (including phenoxy) is 1. The topological polar surface area (TPSA) is 97.2 Å². The normalized spacial score (nSPS) is 12.3. The molecule has 4 aromatic rings. The van der Waals surface area contributed by atoms with Gasteiger partial charge in [-0.05, 0) is 74.6 Å². The number of aromatic nitrogens is 1. The van der Waals surface area contributed by atoms with E-state index < -0.39 is 5.60 Å². The average molecular weight is 498 g/mol. The predicted molar refractivity (Wildman–Crippen MR) is 148 cm³/mol. The number of rotatable bonds is 8. The molecule has 6 heteroatoms. The van der Waals surface area contributed by atoms with Crippen molar-refractivity contribution < 1.29 is 14.3 Å². The lowest BCUT2D eigenvalue weighted by Gasteiger charge is -2.22. The summed E-state index contributed by atoms with van der Waals surface area (Å²) in [5.41, 5.74) is 12.3. The summed E-state index contributed by atoms with van der Waals surface area (Å²) < 4.78 is 5.44. The van der Waals surface area contributed by atoms with Gasteiger partial charge in [-0.3, -0.25) is 9.59 Å². The molecule has 37 heavy (non-hydrogen) atoms. The molecule has 0 bridgehead atoms. The summed E-state index contributed by atoms with van der Waals surface area (Å²) in [4.78, 5) is 28.7. The zero-order chi connectivity index (χ0) is 26.6. The van der Waals surface area contributed by atoms with Gasteiger partial charge in [0.2, 0.25) is 5.91 Å². The molecule has 0 aliphatic heterocycles. The fourth-order valence-corrected chi connectivity index (χ4v) is 4.51. The largest absolute Gasteiger partial charge is 0.460 e. The Morgan fingerprint density at radius 1 is 1.03 bits per heavy atom. The van der Waals surface area contributed by atoms with Crippen LogP contribution in [0.5, 0.6) is 0 Å². The number of carbonyl (C=O) groups excluding carboxylic acids is 2. The van der Waals surface area contributed by atoms with E-state index >= 15 is 0 Å². The van der Waals surface area contributed by atoms with E-state index in [2.05, 4.69) is 10.3 Å². The first-order valence-corrected chi connectivity index (χ1v) is 12.6. The number of aryl methyl sites for hydroxylation is 2. The number of hydrogen-bond donors (Lipinski definition) is 3. The molecule has 0 radical (unpaired) electrons. The number of nitrogen functional groups attached to an aromatic ring is 1. The van der Waals surface area contributed by atoms with Crippen molar-refractivity contribution >= 4 is 28.5 Å². The third-order valence-corrected chi connectivity index (χ3v) is 6.21. The fraction of sp³-hybridized carbons (Fsp3) is 0.290. The van der Waals surface area contributed by atoms with Crippen LogP contribution in [0.4, 0.5) is 5.69 Å². The minimum absolute atomic E-state index is 0.0981. The number of fused-ring (bicyclic) bond motifs is 1. The second-order valence-corrected chi connectivity index (χ2v) is 10.5. The van der Waals surface area contributed by atoms with Crippen molar-refractivity contribution in [2.24, 2.45) is 0 Å². The standard InChI is InChI=1S/C31H35N3O3/c1-20-10-13-24(26(32)16-20)30(22-8-6-5-7-9-22)34-28(35)18-21-11-14-27-25(17-21)23(19-33-27)12-15-29(36)37-31(2,3)4/h5-11,13-14,16-17,19,30,33H,12,15,18,32H2,1-4H3,(H,34,35). The Hall–Kier alpha value is -4.06. The number of amides is 1. The highest BCUT2D eigenvalue weighted by molar-refractivity contribution is 5.87. The van der Waals surface area contributed by atoms with E-state index in [0.717, 1.165) is 38.7 Å². The molecule has 4 N–H and O–H groups in total. The third kappa shape index (κ3) is 6.79. The Morgan fingerprint density at radius 2 is 1.78 bits per heavy atom. The molecule has 0 aliphatic rings. The minimum Gasteiger partial charge on any atom is -0.460 e. The molecule has 1 heterocycles. The number of H-pyrrole nitrogens is 1. The number of carbonyl (C=O) groups is 2. The van der Waals surface area contributed by atoms with E-state index in [-0.39, 0.29) is 24.3 Å². The minimum atomic E-state index is -0.501. The highest BCUT2D eigenvalue weighted by Crippen LogP contribution is 2.28. The van der Waals surface area contributed by atoms with Crippen molar-refractivity contribution in [2.75, 3.05) is 5.73 Å². The highest BCUT2D eigenvalue weighted by Gasteiger charge is 2.20. The van der Waals surface area contributed by atoms with Gasteiger partial charge in [-0.15, -0.1) is 0 Å². The summed E-state index contributed by atoms with van der Waals surface area (Å²) in [6, 6.07) is 21.4. The first kappa shape index (κ1) is 26.0. The summed E-state index contributed by atoms with van der Waals surface area (Å²) in [6.45, 7) is 7.59. The number of aromatic amines is 1. The molecule has 1 atom stereocenters. The molecule has 4 rings (SSSR count). The molecule has 6 nitrogen and oxygen atoms in total. The Balaban J connectivity index is 1.50. The molecular formula is C31H35N3O3. The number of esters is 1. The SMILES string of the molecule is Cc1ccc(C(NC(=O)Cc2ccc3[nH]cc(CCC(=O)OC(C)(C)C)c3c2)c2ccccc2)c(N)c1. The molecule has 1 unspecified atom stereocenters. The summed E-state index contributed by atoms with van der Waals surface area (Å²) in [5.74, 6) is -0.321. The summed E-state index contributed by atoms with van der Waals surface area (Å²) in [6.07, 6.45) is 3.01. The van der Waals surface area contributed by atoms with E-state index in [1.54, 1.807) is 0 Å². The van der Waals surface area contributed by atoms with Gasteiger partial charge in [0.1, 0.15) is 5.60 Å². The summed E-state index contributed by atoms with van der Waals surface area (Å²) in [7, 11) is 0. The monoisotopic (exact) mass is 497 g/mol. The maximum atomic E-state index is 13.2. The number of anilines is 1. The van der Waals surface area contributed by atoms with Crippen LogP contribution in [0.25, 0.3) is 10.9 Å². The highest BCUT2D eigenvalue weighted by atomic mass is 16.6. The molecule has 1 aromatic heterocycles. The van der Waals surface area contributed by atoms with E-state index in [1.807, 2.05) is 101 Å². The van der Waals surface area contributed by atoms with Crippen LogP contribution in [0.2, 0.25) is 0 Å². The average Bonchev–Trinajstić information content (AvgIpc) is 3.23. The number of hydrogen-bond acceptors (Lipinski definition) is 4. The molecule has 3 aromatic carbocycles. The zero-order valence-corrected chi connectivity index (χ0v) is 21.9. The number of nitrogens with one attached hydrogen (secondary N) is 2. The molecule has 0 spiro atoms. The van der Waals surface area contributed by atoms with Crippen molar-refractivity contribution in [1.82, 2.24) is 10.3 Å². The second-order valence-electron chi connectivity index (χ2n) is 10.5. The second kappa shape index (κ2) is 10.9. The smallest absolute Gasteiger partial charge is 0.306 e. The quantitative estimate of drug-likeness (QED) is 0.212. The molecule has 0 saturated carbocycles. The maximum absolute atomic E-state index is 13.2. The van der Waals surface area contributed by atoms with Crippen molar-refractivity contribution in [3.05, 3.63) is 101 Å². The van der Waals surface area contributed by atoms with E-state index in [9.17, 15) is 9.59 Å². The lowest BCUT2D eigenvalue weighted by molar-refractivity contribution is -0.154. The zero-order valence-electron chi connectivity index (χ0n) is 21.9. The van der Waals surface area contributed by atoms with E-state index in [4.69, 9.17) is 10.5 Å². The van der Waals surface area contributed by atoms with Gasteiger partial charge < -0.3 is 20.8 Å². The van der Waals surface area contributed by atoms with Gasteiger partial charge in [-0.2, -0.15) is 0 Å². The van der Waals surface area contributed by atoms with Crippen molar-refractivity contribution in [1.29, 1.82) is 0 Å². The van der Waals surface area contributed by atoms with Crippen LogP contribution in [0.3, 0.4) is 0 Å². The molecule has 0 aliphatic carbocycles. The number of benzene rings is 3. The molecular weight excluding hydrogens is 462 g/mol. The van der Waals surface area contributed by atoms with Gasteiger partial charge in [0.15, 0.2) is 0 Å². The van der Waals surface area contributed by atoms with Crippen LogP contribution in [-0.2, 0) is 27.2 Å². The van der Waals surface area contributed by atoms with Gasteiger partial charge in [0.25, 0.3) is 0 Å². The summed E-state index contributed by atoms with van der Waals surface area (Å²) in [5, 5.41) is 4.20. The van der Waals surface area contributed by atoms with Crippen LogP contribution >= 0.6 is 0 Å². The van der Waals surface area contributed by atoms with Crippen LogP contribution in [0.15, 0.2) is 72.9 Å². The maximum Gasteiger partial charge on any atom is 0.306 e. The fourth-order valence-electron chi connectivity index (χ4n) is 4.51. The lowest BCUT2D eigenvalue weighted by Crippen LogP contribution is -2.31. The van der Waals surface area contributed by atoms with Gasteiger partial charge in [0.05, 0.1) is 12.5 Å². The van der Waals surface area contributed by atoms with Gasteiger partial charge in [0, 0.05) is 34.8 Å². The Labute approximate surface area is 218 Å². The first-order chi connectivity index (χ1) is 17.6. The molecule has 0 saturated heterocycles.